The lowest BCUT2D eigenvalue weighted by molar-refractivity contribution is -0.384. The number of thiocarbonyl (C=S) groups is 1. The number of amides is 1. The Kier molecular flexibility index (Phi) is 5.09. The number of benzene rings is 2. The molecule has 0 saturated heterocycles. The summed E-state index contributed by atoms with van der Waals surface area (Å²) in [5.41, 5.74) is -0.00392. The molecule has 9 heteroatoms. The highest BCUT2D eigenvalue weighted by molar-refractivity contribution is 7.80. The van der Waals surface area contributed by atoms with Gasteiger partial charge in [-0.3, -0.25) is 20.2 Å². The molecule has 118 valence electrons. The van der Waals surface area contributed by atoms with E-state index in [0.717, 1.165) is 18.2 Å². The Morgan fingerprint density at radius 1 is 1.26 bits per heavy atom. The van der Waals surface area contributed by atoms with Gasteiger partial charge in [-0.1, -0.05) is 23.7 Å². The minimum Gasteiger partial charge on any atom is -0.506 e. The third-order valence-corrected chi connectivity index (χ3v) is 3.32. The monoisotopic (exact) mass is 351 g/mol. The van der Waals surface area contributed by atoms with Gasteiger partial charge in [0.25, 0.3) is 11.6 Å². The first-order valence-corrected chi connectivity index (χ1v) is 7.01. The number of nitro groups is 1. The maximum absolute atomic E-state index is 12.0. The Balaban J connectivity index is 2.11. The maximum Gasteiger partial charge on any atom is 0.271 e. The van der Waals surface area contributed by atoms with Gasteiger partial charge in [-0.2, -0.15) is 0 Å². The number of aromatic hydroxyl groups is 1. The Morgan fingerprint density at radius 2 is 1.96 bits per heavy atom. The van der Waals surface area contributed by atoms with Crippen molar-refractivity contribution in [1.29, 1.82) is 0 Å². The van der Waals surface area contributed by atoms with Gasteiger partial charge in [-0.15, -0.1) is 0 Å². The Labute approximate surface area is 141 Å². The standard InChI is InChI=1S/C14H10ClN3O4S/c15-10-4-2-1-3-9(10)13(20)17-14(23)16-11-7-8(18(21)22)5-6-12(11)19/h1-7,19H,(H2,16,17,20,23). The molecule has 0 aliphatic carbocycles. The van der Waals surface area contributed by atoms with Gasteiger partial charge in [-0.05, 0) is 30.4 Å². The van der Waals surface area contributed by atoms with Crippen molar-refractivity contribution in [2.24, 2.45) is 0 Å². The summed E-state index contributed by atoms with van der Waals surface area (Å²) in [5, 5.41) is 25.4. The van der Waals surface area contributed by atoms with Crippen molar-refractivity contribution in [3.05, 3.63) is 63.2 Å². The predicted octanol–water partition coefficient (Wildman–Crippen LogP) is 3.08. The molecule has 0 heterocycles. The summed E-state index contributed by atoms with van der Waals surface area (Å²) in [4.78, 5) is 22.1. The second-order valence-electron chi connectivity index (χ2n) is 4.35. The molecule has 0 fully saturated rings. The van der Waals surface area contributed by atoms with Crippen molar-refractivity contribution >= 4 is 46.2 Å². The largest absolute Gasteiger partial charge is 0.506 e. The van der Waals surface area contributed by atoms with Crippen LogP contribution in [0.5, 0.6) is 5.75 Å². The number of rotatable bonds is 3. The molecule has 0 aliphatic rings. The lowest BCUT2D eigenvalue weighted by Crippen LogP contribution is -2.34. The van der Waals surface area contributed by atoms with Crippen LogP contribution in [0.1, 0.15) is 10.4 Å². The topological polar surface area (TPSA) is 104 Å². The first-order valence-electron chi connectivity index (χ1n) is 6.22. The molecule has 0 unspecified atom stereocenters. The number of carbonyl (C=O) groups excluding carboxylic acids is 1. The van der Waals surface area contributed by atoms with Gasteiger partial charge in [0.05, 0.1) is 21.2 Å². The summed E-state index contributed by atoms with van der Waals surface area (Å²) in [7, 11) is 0. The first kappa shape index (κ1) is 16.7. The van der Waals surface area contributed by atoms with Crippen LogP contribution in [-0.2, 0) is 0 Å². The van der Waals surface area contributed by atoms with Gasteiger partial charge < -0.3 is 10.4 Å². The van der Waals surface area contributed by atoms with Gasteiger partial charge in [0, 0.05) is 12.1 Å². The molecule has 23 heavy (non-hydrogen) atoms. The highest BCUT2D eigenvalue weighted by Crippen LogP contribution is 2.27. The first-order chi connectivity index (χ1) is 10.9. The summed E-state index contributed by atoms with van der Waals surface area (Å²) in [6.45, 7) is 0. The fourth-order valence-electron chi connectivity index (χ4n) is 1.71. The van der Waals surface area contributed by atoms with Crippen LogP contribution in [0.3, 0.4) is 0 Å². The molecule has 0 aliphatic heterocycles. The zero-order chi connectivity index (χ0) is 17.0. The molecule has 0 aromatic heterocycles. The highest BCUT2D eigenvalue weighted by atomic mass is 35.5. The third kappa shape index (κ3) is 4.15. The highest BCUT2D eigenvalue weighted by Gasteiger charge is 2.14. The van der Waals surface area contributed by atoms with Crippen LogP contribution in [0.15, 0.2) is 42.5 Å². The summed E-state index contributed by atoms with van der Waals surface area (Å²) in [6.07, 6.45) is 0. The molecule has 0 radical (unpaired) electrons. The Bertz CT molecular complexity index is 797. The number of phenolic OH excluding ortho intramolecular Hbond substituents is 1. The number of phenols is 1. The summed E-state index contributed by atoms with van der Waals surface area (Å²) in [6, 6.07) is 9.79. The molecule has 2 aromatic carbocycles. The number of nitrogens with one attached hydrogen (secondary N) is 2. The number of anilines is 1. The molecular weight excluding hydrogens is 342 g/mol. The van der Waals surface area contributed by atoms with Gasteiger partial charge in [0.1, 0.15) is 5.75 Å². The molecule has 3 N–H and O–H groups in total. The van der Waals surface area contributed by atoms with Crippen molar-refractivity contribution in [3.63, 3.8) is 0 Å². The molecule has 2 aromatic rings. The second-order valence-corrected chi connectivity index (χ2v) is 5.16. The number of nitro benzene ring substituents is 1. The van der Waals surface area contributed by atoms with E-state index in [-0.39, 0.29) is 32.8 Å². The average molecular weight is 352 g/mol. The van der Waals surface area contributed by atoms with E-state index in [4.69, 9.17) is 23.8 Å². The minimum atomic E-state index is -0.615. The fraction of sp³-hybridized carbons (Fsp3) is 0. The molecule has 2 rings (SSSR count). The normalized spacial score (nSPS) is 9.96. The van der Waals surface area contributed by atoms with Crippen molar-refractivity contribution in [2.45, 2.75) is 0 Å². The van der Waals surface area contributed by atoms with Crippen molar-refractivity contribution in [1.82, 2.24) is 5.32 Å². The minimum absolute atomic E-state index is 0.00339. The van der Waals surface area contributed by atoms with Crippen LogP contribution in [0, 0.1) is 10.1 Å². The molecular formula is C14H10ClN3O4S. The number of halogens is 1. The predicted molar refractivity (Wildman–Crippen MR) is 89.9 cm³/mol. The van der Waals surface area contributed by atoms with Crippen LogP contribution in [0.2, 0.25) is 5.02 Å². The maximum atomic E-state index is 12.0. The van der Waals surface area contributed by atoms with Gasteiger partial charge in [0.2, 0.25) is 0 Å². The number of non-ortho nitro benzene ring substituents is 1. The summed E-state index contributed by atoms with van der Waals surface area (Å²) in [5.74, 6) is -0.789. The van der Waals surface area contributed by atoms with Crippen molar-refractivity contribution in [2.75, 3.05) is 5.32 Å². The third-order valence-electron chi connectivity index (χ3n) is 2.78. The van der Waals surface area contributed by atoms with Gasteiger partial charge >= 0.3 is 0 Å². The Morgan fingerprint density at radius 3 is 2.61 bits per heavy atom. The second kappa shape index (κ2) is 7.03. The van der Waals surface area contributed by atoms with Gasteiger partial charge in [0.15, 0.2) is 5.11 Å². The van der Waals surface area contributed by atoms with E-state index in [1.54, 1.807) is 18.2 Å². The van der Waals surface area contributed by atoms with Crippen molar-refractivity contribution < 1.29 is 14.8 Å². The van der Waals surface area contributed by atoms with E-state index in [1.807, 2.05) is 0 Å². The molecule has 0 bridgehead atoms. The lowest BCUT2D eigenvalue weighted by Gasteiger charge is -2.11. The molecule has 0 saturated carbocycles. The van der Waals surface area contributed by atoms with E-state index in [0.29, 0.717) is 0 Å². The van der Waals surface area contributed by atoms with Gasteiger partial charge in [-0.25, -0.2) is 0 Å². The zero-order valence-electron chi connectivity index (χ0n) is 11.4. The quantitative estimate of drug-likeness (QED) is 0.340. The zero-order valence-corrected chi connectivity index (χ0v) is 13.0. The van der Waals surface area contributed by atoms with Crippen molar-refractivity contribution in [3.8, 4) is 5.75 Å². The fourth-order valence-corrected chi connectivity index (χ4v) is 2.13. The molecule has 0 spiro atoms. The van der Waals surface area contributed by atoms with E-state index in [2.05, 4.69) is 10.6 Å². The van der Waals surface area contributed by atoms with E-state index in [1.165, 1.54) is 6.07 Å². The SMILES string of the molecule is O=C(NC(=S)Nc1cc([N+](=O)[O-])ccc1O)c1ccccc1Cl. The van der Waals surface area contributed by atoms with Crippen LogP contribution < -0.4 is 10.6 Å². The van der Waals surface area contributed by atoms with E-state index >= 15 is 0 Å². The number of nitrogens with zero attached hydrogens (tertiary/aromatic N) is 1. The summed E-state index contributed by atoms with van der Waals surface area (Å²) >= 11 is 10.9. The lowest BCUT2D eigenvalue weighted by atomic mass is 10.2. The number of carbonyl (C=O) groups is 1. The van der Waals surface area contributed by atoms with E-state index in [9.17, 15) is 20.0 Å². The van der Waals surface area contributed by atoms with Crippen LogP contribution >= 0.6 is 23.8 Å². The number of hydrogen-bond acceptors (Lipinski definition) is 5. The number of hydrogen-bond donors (Lipinski definition) is 3. The van der Waals surface area contributed by atoms with E-state index < -0.39 is 10.8 Å². The van der Waals surface area contributed by atoms with Crippen LogP contribution in [0.4, 0.5) is 11.4 Å². The molecule has 0 atom stereocenters. The molecule has 7 nitrogen and oxygen atoms in total. The smallest absolute Gasteiger partial charge is 0.271 e. The Hall–Kier alpha value is -2.71. The van der Waals surface area contributed by atoms with Crippen LogP contribution in [0.25, 0.3) is 0 Å². The average Bonchev–Trinajstić information content (AvgIpc) is 2.49. The van der Waals surface area contributed by atoms with Crippen LogP contribution in [-0.4, -0.2) is 21.0 Å². The summed E-state index contributed by atoms with van der Waals surface area (Å²) < 4.78 is 0. The molecule has 1 amide bonds.